The van der Waals surface area contributed by atoms with Gasteiger partial charge in [0.05, 0.1) is 18.3 Å². The van der Waals surface area contributed by atoms with Gasteiger partial charge in [-0.05, 0) is 31.9 Å². The van der Waals surface area contributed by atoms with Crippen LogP contribution in [0, 0.1) is 6.92 Å². The molecular weight excluding hydrogens is 264 g/mol. The van der Waals surface area contributed by atoms with Crippen molar-refractivity contribution in [1.29, 1.82) is 0 Å². The van der Waals surface area contributed by atoms with Crippen LogP contribution in [-0.4, -0.2) is 14.9 Å². The van der Waals surface area contributed by atoms with Crippen molar-refractivity contribution in [3.63, 3.8) is 0 Å². The van der Waals surface area contributed by atoms with Gasteiger partial charge < -0.3 is 9.84 Å². The zero-order valence-corrected chi connectivity index (χ0v) is 13.0. The number of aromatic nitrogens is 2. The first kappa shape index (κ1) is 15.6. The quantitative estimate of drug-likeness (QED) is 0.846. The number of aliphatic hydroxyl groups is 1. The zero-order valence-electron chi connectivity index (χ0n) is 13.0. The van der Waals surface area contributed by atoms with Gasteiger partial charge >= 0.3 is 0 Å². The first-order valence-corrected chi connectivity index (χ1v) is 7.55. The molecule has 4 heteroatoms. The summed E-state index contributed by atoms with van der Waals surface area (Å²) in [4.78, 5) is 0. The molecule has 0 amide bonds. The lowest BCUT2D eigenvalue weighted by atomic mass is 10.1. The van der Waals surface area contributed by atoms with Crippen LogP contribution in [0.15, 0.2) is 30.5 Å². The summed E-state index contributed by atoms with van der Waals surface area (Å²) in [7, 11) is 0. The number of aryl methyl sites for hydroxylation is 1. The molecule has 0 saturated carbocycles. The minimum atomic E-state index is -0.0147. The van der Waals surface area contributed by atoms with Crippen molar-refractivity contribution < 1.29 is 9.84 Å². The average molecular weight is 288 g/mol. The second-order valence-corrected chi connectivity index (χ2v) is 5.32. The fourth-order valence-corrected chi connectivity index (χ4v) is 2.44. The van der Waals surface area contributed by atoms with Gasteiger partial charge in [-0.2, -0.15) is 5.10 Å². The third-order valence-corrected chi connectivity index (χ3v) is 3.74. The molecule has 0 saturated heterocycles. The van der Waals surface area contributed by atoms with Crippen molar-refractivity contribution in [1.82, 2.24) is 9.78 Å². The number of nitrogens with zero attached hydrogens (tertiary/aromatic N) is 2. The van der Waals surface area contributed by atoms with Crippen LogP contribution in [-0.2, 0) is 13.2 Å². The Morgan fingerprint density at radius 1 is 1.24 bits per heavy atom. The molecule has 1 N–H and O–H groups in total. The molecule has 4 nitrogen and oxygen atoms in total. The van der Waals surface area contributed by atoms with E-state index in [1.807, 2.05) is 42.1 Å². The van der Waals surface area contributed by atoms with Crippen molar-refractivity contribution in [2.75, 3.05) is 0 Å². The van der Waals surface area contributed by atoms with Gasteiger partial charge in [-0.1, -0.05) is 31.5 Å². The monoisotopic (exact) mass is 288 g/mol. The van der Waals surface area contributed by atoms with Crippen LogP contribution >= 0.6 is 0 Å². The molecule has 2 aromatic rings. The number of hydrogen-bond donors (Lipinski definition) is 1. The fourth-order valence-electron chi connectivity index (χ4n) is 2.44. The van der Waals surface area contributed by atoms with Gasteiger partial charge in [-0.15, -0.1) is 0 Å². The smallest absolute Gasteiger partial charge is 0.132 e. The molecule has 0 atom stereocenters. The number of ether oxygens (including phenoxy) is 1. The van der Waals surface area contributed by atoms with Crippen molar-refractivity contribution in [3.05, 3.63) is 47.3 Å². The highest BCUT2D eigenvalue weighted by Crippen LogP contribution is 2.21. The van der Waals surface area contributed by atoms with E-state index in [1.54, 1.807) is 0 Å². The third kappa shape index (κ3) is 3.85. The molecule has 114 valence electrons. The summed E-state index contributed by atoms with van der Waals surface area (Å²) < 4.78 is 7.81. The Kier molecular flexibility index (Phi) is 5.39. The lowest BCUT2D eigenvalue weighted by molar-refractivity contribution is 0.256. The highest BCUT2D eigenvalue weighted by Gasteiger charge is 2.09. The second kappa shape index (κ2) is 7.27. The topological polar surface area (TPSA) is 47.3 Å². The van der Waals surface area contributed by atoms with Crippen LogP contribution in [0.25, 0.3) is 0 Å². The molecule has 0 bridgehead atoms. The normalized spacial score (nSPS) is 11.1. The summed E-state index contributed by atoms with van der Waals surface area (Å²) in [5.74, 6) is 0.722. The number of aliphatic hydroxyl groups excluding tert-OH is 1. The summed E-state index contributed by atoms with van der Waals surface area (Å²) in [5.41, 5.74) is 2.84. The van der Waals surface area contributed by atoms with Gasteiger partial charge in [-0.25, -0.2) is 0 Å². The fraction of sp³-hybridized carbons (Fsp3) is 0.471. The Bertz CT molecular complexity index is 574. The van der Waals surface area contributed by atoms with E-state index < -0.39 is 0 Å². The van der Waals surface area contributed by atoms with E-state index in [0.29, 0.717) is 12.6 Å². The molecule has 0 aliphatic heterocycles. The first-order chi connectivity index (χ1) is 10.2. The third-order valence-electron chi connectivity index (χ3n) is 3.74. The Balaban J connectivity index is 2.03. The van der Waals surface area contributed by atoms with Crippen molar-refractivity contribution in [3.8, 4) is 5.75 Å². The summed E-state index contributed by atoms with van der Waals surface area (Å²) in [6, 6.07) is 8.27. The first-order valence-electron chi connectivity index (χ1n) is 7.55. The Morgan fingerprint density at radius 3 is 2.67 bits per heavy atom. The SMILES string of the molecule is CCC(CC)n1ccc(COc2ccc(C)cc2CO)n1. The van der Waals surface area contributed by atoms with E-state index in [1.165, 1.54) is 0 Å². The Morgan fingerprint density at radius 2 is 2.00 bits per heavy atom. The van der Waals surface area contributed by atoms with Gasteiger partial charge in [0.1, 0.15) is 12.4 Å². The Labute approximate surface area is 126 Å². The Hall–Kier alpha value is -1.81. The van der Waals surface area contributed by atoms with E-state index in [2.05, 4.69) is 18.9 Å². The summed E-state index contributed by atoms with van der Waals surface area (Å²) >= 11 is 0. The molecule has 0 fully saturated rings. The van der Waals surface area contributed by atoms with Crippen LogP contribution in [0.4, 0.5) is 0 Å². The minimum Gasteiger partial charge on any atom is -0.487 e. The van der Waals surface area contributed by atoms with Gasteiger partial charge in [0.25, 0.3) is 0 Å². The molecule has 0 aliphatic rings. The maximum absolute atomic E-state index is 9.38. The van der Waals surface area contributed by atoms with E-state index in [4.69, 9.17) is 4.74 Å². The molecule has 21 heavy (non-hydrogen) atoms. The molecular formula is C17H24N2O2. The highest BCUT2D eigenvalue weighted by atomic mass is 16.5. The van der Waals surface area contributed by atoms with Gasteiger partial charge in [0.2, 0.25) is 0 Å². The highest BCUT2D eigenvalue weighted by molar-refractivity contribution is 5.36. The molecule has 2 rings (SSSR count). The largest absolute Gasteiger partial charge is 0.487 e. The van der Waals surface area contributed by atoms with Crippen molar-refractivity contribution >= 4 is 0 Å². The van der Waals surface area contributed by atoms with Crippen LogP contribution in [0.2, 0.25) is 0 Å². The number of benzene rings is 1. The lowest BCUT2D eigenvalue weighted by Gasteiger charge is -2.13. The maximum atomic E-state index is 9.38. The van der Waals surface area contributed by atoms with Gasteiger partial charge in [0, 0.05) is 11.8 Å². The summed E-state index contributed by atoms with van der Waals surface area (Å²) in [6.45, 7) is 6.75. The van der Waals surface area contributed by atoms with E-state index in [9.17, 15) is 5.11 Å². The average Bonchev–Trinajstić information content (AvgIpc) is 2.96. The number of rotatable bonds is 7. The van der Waals surface area contributed by atoms with E-state index >= 15 is 0 Å². The minimum absolute atomic E-state index is 0.0147. The van der Waals surface area contributed by atoms with Crippen LogP contribution < -0.4 is 4.74 Å². The lowest BCUT2D eigenvalue weighted by Crippen LogP contribution is -2.08. The van der Waals surface area contributed by atoms with Crippen LogP contribution in [0.3, 0.4) is 0 Å². The zero-order chi connectivity index (χ0) is 15.2. The standard InChI is InChI=1S/C17H24N2O2/c1-4-16(5-2)19-9-8-15(18-19)12-21-17-7-6-13(3)10-14(17)11-20/h6-10,16,20H,4-5,11-12H2,1-3H3. The van der Waals surface area contributed by atoms with Crippen LogP contribution in [0.1, 0.15) is 49.6 Å². The number of hydrogen-bond acceptors (Lipinski definition) is 3. The molecule has 0 radical (unpaired) electrons. The predicted molar refractivity (Wildman–Crippen MR) is 83.3 cm³/mol. The molecule has 1 aromatic heterocycles. The molecule has 0 spiro atoms. The molecule has 1 aromatic carbocycles. The summed E-state index contributed by atoms with van der Waals surface area (Å²) in [6.07, 6.45) is 4.16. The second-order valence-electron chi connectivity index (χ2n) is 5.32. The van der Waals surface area contributed by atoms with Gasteiger partial charge in [0.15, 0.2) is 0 Å². The molecule has 0 aliphatic carbocycles. The van der Waals surface area contributed by atoms with E-state index in [-0.39, 0.29) is 6.61 Å². The molecule has 0 unspecified atom stereocenters. The van der Waals surface area contributed by atoms with Crippen LogP contribution in [0.5, 0.6) is 5.75 Å². The molecule has 1 heterocycles. The van der Waals surface area contributed by atoms with Gasteiger partial charge in [-0.3, -0.25) is 4.68 Å². The van der Waals surface area contributed by atoms with Crippen molar-refractivity contribution in [2.45, 2.75) is 52.9 Å². The van der Waals surface area contributed by atoms with E-state index in [0.717, 1.165) is 35.4 Å². The maximum Gasteiger partial charge on any atom is 0.132 e. The summed E-state index contributed by atoms with van der Waals surface area (Å²) in [5, 5.41) is 14.0. The van der Waals surface area contributed by atoms with Crippen molar-refractivity contribution in [2.24, 2.45) is 0 Å². The predicted octanol–water partition coefficient (Wildman–Crippen LogP) is 3.62.